The molecule has 0 aliphatic carbocycles. The van der Waals surface area contributed by atoms with Crippen molar-refractivity contribution in [1.82, 2.24) is 9.78 Å². The molecule has 0 radical (unpaired) electrons. The van der Waals surface area contributed by atoms with Crippen LogP contribution in [0.2, 0.25) is 0 Å². The van der Waals surface area contributed by atoms with E-state index < -0.39 is 11.6 Å². The van der Waals surface area contributed by atoms with Crippen LogP contribution in [0.15, 0.2) is 41.2 Å². The van der Waals surface area contributed by atoms with E-state index in [4.69, 9.17) is 0 Å². The molecule has 0 saturated carbocycles. The van der Waals surface area contributed by atoms with E-state index in [1.54, 1.807) is 18.4 Å². The molecule has 0 bridgehead atoms. The van der Waals surface area contributed by atoms with Crippen molar-refractivity contribution >= 4 is 22.9 Å². The minimum atomic E-state index is -0.740. The number of hydrogen-bond acceptors (Lipinski definition) is 3. The Morgan fingerprint density at radius 1 is 1.32 bits per heavy atom. The third-order valence-corrected chi connectivity index (χ3v) is 3.85. The van der Waals surface area contributed by atoms with Crippen LogP contribution in [0.3, 0.4) is 0 Å². The average Bonchev–Trinajstić information content (AvgIpc) is 3.09. The second kappa shape index (κ2) is 5.69. The van der Waals surface area contributed by atoms with E-state index in [0.717, 1.165) is 12.1 Å². The van der Waals surface area contributed by atoms with Crippen molar-refractivity contribution in [2.45, 2.75) is 6.92 Å². The summed E-state index contributed by atoms with van der Waals surface area (Å²) in [6.07, 6.45) is 1.36. The van der Waals surface area contributed by atoms with E-state index in [-0.39, 0.29) is 11.6 Å². The second-order valence-electron chi connectivity index (χ2n) is 4.62. The highest BCUT2D eigenvalue weighted by Crippen LogP contribution is 2.20. The molecule has 0 fully saturated rings. The Morgan fingerprint density at radius 3 is 2.82 bits per heavy atom. The van der Waals surface area contributed by atoms with Crippen LogP contribution >= 0.6 is 11.3 Å². The SMILES string of the molecule is Cc1c(C(=O)Nc2ccsc2)cnn1-c1ccc(F)cc1F. The van der Waals surface area contributed by atoms with Crippen LogP contribution in [0.25, 0.3) is 5.69 Å². The number of nitrogens with one attached hydrogen (secondary N) is 1. The highest BCUT2D eigenvalue weighted by Gasteiger charge is 2.17. The fraction of sp³-hybridized carbons (Fsp3) is 0.0667. The number of hydrogen-bond donors (Lipinski definition) is 1. The molecule has 3 rings (SSSR count). The quantitative estimate of drug-likeness (QED) is 0.799. The topological polar surface area (TPSA) is 46.9 Å². The minimum Gasteiger partial charge on any atom is -0.321 e. The molecule has 2 aromatic heterocycles. The van der Waals surface area contributed by atoms with Gasteiger partial charge in [0, 0.05) is 11.4 Å². The zero-order valence-corrected chi connectivity index (χ0v) is 12.3. The molecule has 22 heavy (non-hydrogen) atoms. The third-order valence-electron chi connectivity index (χ3n) is 3.17. The normalized spacial score (nSPS) is 10.7. The van der Waals surface area contributed by atoms with E-state index >= 15 is 0 Å². The first-order valence-electron chi connectivity index (χ1n) is 6.40. The van der Waals surface area contributed by atoms with Crippen LogP contribution in [0.1, 0.15) is 16.1 Å². The molecule has 0 spiro atoms. The number of anilines is 1. The predicted octanol–water partition coefficient (Wildman–Crippen LogP) is 3.77. The Labute approximate surface area is 129 Å². The monoisotopic (exact) mass is 319 g/mol. The van der Waals surface area contributed by atoms with Crippen molar-refractivity contribution < 1.29 is 13.6 Å². The Hall–Kier alpha value is -2.54. The van der Waals surface area contributed by atoms with Gasteiger partial charge in [-0.15, -0.1) is 0 Å². The molecule has 1 amide bonds. The lowest BCUT2D eigenvalue weighted by molar-refractivity contribution is 0.102. The van der Waals surface area contributed by atoms with Crippen LogP contribution in [0.4, 0.5) is 14.5 Å². The van der Waals surface area contributed by atoms with Gasteiger partial charge in [-0.1, -0.05) is 0 Å². The first-order valence-corrected chi connectivity index (χ1v) is 7.34. The highest BCUT2D eigenvalue weighted by atomic mass is 32.1. The lowest BCUT2D eigenvalue weighted by Crippen LogP contribution is -2.12. The van der Waals surface area contributed by atoms with Crippen LogP contribution in [0.5, 0.6) is 0 Å². The van der Waals surface area contributed by atoms with Gasteiger partial charge in [0.25, 0.3) is 5.91 Å². The lowest BCUT2D eigenvalue weighted by Gasteiger charge is -2.07. The molecule has 1 aromatic carbocycles. The number of aromatic nitrogens is 2. The fourth-order valence-electron chi connectivity index (χ4n) is 2.06. The molecule has 0 saturated heterocycles. The zero-order valence-electron chi connectivity index (χ0n) is 11.5. The molecule has 0 aliphatic rings. The summed E-state index contributed by atoms with van der Waals surface area (Å²) in [5, 5.41) is 10.4. The van der Waals surface area contributed by atoms with Crippen LogP contribution < -0.4 is 5.32 Å². The number of nitrogens with zero attached hydrogens (tertiary/aromatic N) is 2. The molecule has 112 valence electrons. The number of halogens is 2. The summed E-state index contributed by atoms with van der Waals surface area (Å²) < 4.78 is 28.1. The third kappa shape index (κ3) is 2.62. The van der Waals surface area contributed by atoms with Crippen molar-refractivity contribution in [3.63, 3.8) is 0 Å². The Balaban J connectivity index is 1.93. The molecule has 3 aromatic rings. The summed E-state index contributed by atoms with van der Waals surface area (Å²) in [6.45, 7) is 1.65. The van der Waals surface area contributed by atoms with E-state index in [0.29, 0.717) is 16.9 Å². The van der Waals surface area contributed by atoms with Crippen molar-refractivity contribution in [3.05, 3.63) is 64.1 Å². The zero-order chi connectivity index (χ0) is 15.7. The van der Waals surface area contributed by atoms with Gasteiger partial charge in [0.1, 0.15) is 11.5 Å². The Bertz CT molecular complexity index is 827. The van der Waals surface area contributed by atoms with Crippen LogP contribution in [-0.4, -0.2) is 15.7 Å². The van der Waals surface area contributed by atoms with Crippen molar-refractivity contribution in [2.75, 3.05) is 5.32 Å². The van der Waals surface area contributed by atoms with Gasteiger partial charge in [-0.25, -0.2) is 13.5 Å². The first-order chi connectivity index (χ1) is 10.6. The fourth-order valence-corrected chi connectivity index (χ4v) is 2.65. The standard InChI is InChI=1S/C15H11F2N3OS/c1-9-12(15(21)19-11-4-5-22-8-11)7-18-20(9)14-3-2-10(16)6-13(14)17/h2-8H,1H3,(H,19,21). The smallest absolute Gasteiger partial charge is 0.259 e. The van der Waals surface area contributed by atoms with E-state index in [1.807, 2.05) is 5.38 Å². The molecule has 2 heterocycles. The van der Waals surface area contributed by atoms with E-state index in [9.17, 15) is 13.6 Å². The van der Waals surface area contributed by atoms with Gasteiger partial charge in [-0.2, -0.15) is 16.4 Å². The van der Waals surface area contributed by atoms with Crippen LogP contribution in [0, 0.1) is 18.6 Å². The first kappa shape index (κ1) is 14.4. The van der Waals surface area contributed by atoms with Gasteiger partial charge in [0.05, 0.1) is 23.1 Å². The molecule has 1 N–H and O–H groups in total. The number of thiophene rings is 1. The maximum atomic E-state index is 13.8. The summed E-state index contributed by atoms with van der Waals surface area (Å²) in [4.78, 5) is 12.2. The molecular weight excluding hydrogens is 308 g/mol. The maximum absolute atomic E-state index is 13.8. The average molecular weight is 319 g/mol. The van der Waals surface area contributed by atoms with Gasteiger partial charge in [-0.05, 0) is 30.5 Å². The highest BCUT2D eigenvalue weighted by molar-refractivity contribution is 7.08. The molecule has 0 unspecified atom stereocenters. The molecule has 0 aliphatic heterocycles. The minimum absolute atomic E-state index is 0.0912. The van der Waals surface area contributed by atoms with E-state index in [1.165, 1.54) is 28.3 Å². The van der Waals surface area contributed by atoms with E-state index in [2.05, 4.69) is 10.4 Å². The van der Waals surface area contributed by atoms with Crippen molar-refractivity contribution in [1.29, 1.82) is 0 Å². The van der Waals surface area contributed by atoms with Gasteiger partial charge in [0.2, 0.25) is 0 Å². The van der Waals surface area contributed by atoms with Gasteiger partial charge in [0.15, 0.2) is 5.82 Å². The Kier molecular flexibility index (Phi) is 3.72. The van der Waals surface area contributed by atoms with Crippen molar-refractivity contribution in [2.24, 2.45) is 0 Å². The number of amides is 1. The molecule has 4 nitrogen and oxygen atoms in total. The number of carbonyl (C=O) groups excluding carboxylic acids is 1. The summed E-state index contributed by atoms with van der Waals surface area (Å²) in [6, 6.07) is 4.99. The summed E-state index contributed by atoms with van der Waals surface area (Å²) in [5.74, 6) is -1.73. The van der Waals surface area contributed by atoms with Crippen molar-refractivity contribution in [3.8, 4) is 5.69 Å². The number of carbonyl (C=O) groups is 1. The summed E-state index contributed by atoms with van der Waals surface area (Å²) >= 11 is 1.47. The van der Waals surface area contributed by atoms with Gasteiger partial charge >= 0.3 is 0 Å². The number of benzene rings is 1. The second-order valence-corrected chi connectivity index (χ2v) is 5.40. The largest absolute Gasteiger partial charge is 0.321 e. The maximum Gasteiger partial charge on any atom is 0.259 e. The molecular formula is C15H11F2N3OS. The summed E-state index contributed by atoms with van der Waals surface area (Å²) in [5.41, 5.74) is 1.58. The lowest BCUT2D eigenvalue weighted by atomic mass is 10.2. The van der Waals surface area contributed by atoms with Crippen LogP contribution in [-0.2, 0) is 0 Å². The van der Waals surface area contributed by atoms with Gasteiger partial charge < -0.3 is 5.32 Å². The Morgan fingerprint density at radius 2 is 2.14 bits per heavy atom. The molecule has 0 atom stereocenters. The van der Waals surface area contributed by atoms with Gasteiger partial charge in [-0.3, -0.25) is 4.79 Å². The molecule has 7 heteroatoms. The summed E-state index contributed by atoms with van der Waals surface area (Å²) in [7, 11) is 0. The predicted molar refractivity (Wildman–Crippen MR) is 80.5 cm³/mol. The number of rotatable bonds is 3.